The highest BCUT2D eigenvalue weighted by molar-refractivity contribution is 5.95. The fourth-order valence-corrected chi connectivity index (χ4v) is 3.05. The van der Waals surface area contributed by atoms with Crippen LogP contribution in [0.2, 0.25) is 0 Å². The van der Waals surface area contributed by atoms with E-state index >= 15 is 0 Å². The molecule has 0 saturated heterocycles. The van der Waals surface area contributed by atoms with Gasteiger partial charge in [0.05, 0.1) is 11.6 Å². The number of hydrogen-bond acceptors (Lipinski definition) is 3. The first-order chi connectivity index (χ1) is 11.2. The summed E-state index contributed by atoms with van der Waals surface area (Å²) in [7, 11) is 0. The molecule has 0 unspecified atom stereocenters. The Labute approximate surface area is 135 Å². The fourth-order valence-electron chi connectivity index (χ4n) is 3.05. The van der Waals surface area contributed by atoms with Crippen LogP contribution >= 0.6 is 0 Å². The lowest BCUT2D eigenvalue weighted by Gasteiger charge is -2.12. The van der Waals surface area contributed by atoms with Crippen molar-refractivity contribution in [2.24, 2.45) is 5.73 Å². The van der Waals surface area contributed by atoms with Crippen LogP contribution in [0.25, 0.3) is 11.1 Å². The van der Waals surface area contributed by atoms with E-state index < -0.39 is 0 Å². The third kappa shape index (κ3) is 3.41. The second-order valence-electron chi connectivity index (χ2n) is 5.98. The van der Waals surface area contributed by atoms with Crippen molar-refractivity contribution in [3.63, 3.8) is 0 Å². The normalized spacial score (nSPS) is 20.0. The fraction of sp³-hybridized carbons (Fsp3) is 0.263. The molecule has 1 saturated carbocycles. The summed E-state index contributed by atoms with van der Waals surface area (Å²) in [6.45, 7) is 0. The molecule has 2 aromatic carbocycles. The van der Waals surface area contributed by atoms with Gasteiger partial charge < -0.3 is 11.1 Å². The zero-order valence-corrected chi connectivity index (χ0v) is 12.8. The summed E-state index contributed by atoms with van der Waals surface area (Å²) in [6, 6.07) is 17.4. The summed E-state index contributed by atoms with van der Waals surface area (Å²) in [5.74, 6) is -0.0655. The van der Waals surface area contributed by atoms with Crippen molar-refractivity contribution in [3.8, 4) is 17.2 Å². The molecular weight excluding hydrogens is 286 g/mol. The van der Waals surface area contributed by atoms with Crippen LogP contribution in [0.4, 0.5) is 0 Å². The van der Waals surface area contributed by atoms with Gasteiger partial charge in [0, 0.05) is 17.6 Å². The Morgan fingerprint density at radius 1 is 1.13 bits per heavy atom. The van der Waals surface area contributed by atoms with Crippen LogP contribution < -0.4 is 11.1 Å². The van der Waals surface area contributed by atoms with E-state index in [0.29, 0.717) is 11.1 Å². The summed E-state index contributed by atoms with van der Waals surface area (Å²) in [6.07, 6.45) is 2.76. The van der Waals surface area contributed by atoms with Gasteiger partial charge in [-0.15, -0.1) is 0 Å². The third-order valence-electron chi connectivity index (χ3n) is 4.31. The SMILES string of the molecule is N#Cc1ccccc1-c1ccc(C(=O)N[C@H]2CC[C@@H](N)C2)cc1. The predicted molar refractivity (Wildman–Crippen MR) is 89.7 cm³/mol. The van der Waals surface area contributed by atoms with E-state index in [1.165, 1.54) is 0 Å². The van der Waals surface area contributed by atoms with Gasteiger partial charge in [-0.05, 0) is 48.6 Å². The minimum absolute atomic E-state index is 0.0655. The summed E-state index contributed by atoms with van der Waals surface area (Å²) >= 11 is 0. The molecule has 0 radical (unpaired) electrons. The summed E-state index contributed by atoms with van der Waals surface area (Å²) in [5.41, 5.74) is 8.94. The Hall–Kier alpha value is -2.64. The molecule has 2 aromatic rings. The largest absolute Gasteiger partial charge is 0.349 e. The first-order valence-electron chi connectivity index (χ1n) is 7.83. The van der Waals surface area contributed by atoms with Crippen molar-refractivity contribution in [3.05, 3.63) is 59.7 Å². The quantitative estimate of drug-likeness (QED) is 0.915. The molecular formula is C19H19N3O. The number of amides is 1. The van der Waals surface area contributed by atoms with E-state index in [4.69, 9.17) is 5.73 Å². The average Bonchev–Trinajstić information content (AvgIpc) is 3.00. The van der Waals surface area contributed by atoms with Crippen LogP contribution in [0.5, 0.6) is 0 Å². The van der Waals surface area contributed by atoms with E-state index in [-0.39, 0.29) is 18.0 Å². The van der Waals surface area contributed by atoms with Gasteiger partial charge in [0.1, 0.15) is 0 Å². The van der Waals surface area contributed by atoms with Gasteiger partial charge >= 0.3 is 0 Å². The van der Waals surface area contributed by atoms with Crippen LogP contribution in [-0.2, 0) is 0 Å². The van der Waals surface area contributed by atoms with Crippen LogP contribution in [0.1, 0.15) is 35.2 Å². The molecule has 0 aliphatic heterocycles. The monoisotopic (exact) mass is 305 g/mol. The third-order valence-corrected chi connectivity index (χ3v) is 4.31. The van der Waals surface area contributed by atoms with Crippen LogP contribution in [0.15, 0.2) is 48.5 Å². The molecule has 0 bridgehead atoms. The van der Waals surface area contributed by atoms with Crippen LogP contribution in [0, 0.1) is 11.3 Å². The Kier molecular flexibility index (Phi) is 4.40. The number of benzene rings is 2. The number of nitrogens with two attached hydrogens (primary N) is 1. The molecule has 3 N–H and O–H groups in total. The molecule has 0 aromatic heterocycles. The zero-order valence-electron chi connectivity index (χ0n) is 12.8. The summed E-state index contributed by atoms with van der Waals surface area (Å²) < 4.78 is 0. The highest BCUT2D eigenvalue weighted by Crippen LogP contribution is 2.24. The molecule has 1 fully saturated rings. The average molecular weight is 305 g/mol. The Morgan fingerprint density at radius 2 is 1.87 bits per heavy atom. The van der Waals surface area contributed by atoms with E-state index in [9.17, 15) is 10.1 Å². The van der Waals surface area contributed by atoms with Crippen molar-refractivity contribution in [1.82, 2.24) is 5.32 Å². The number of carbonyl (C=O) groups excluding carboxylic acids is 1. The predicted octanol–water partition coefficient (Wildman–Crippen LogP) is 2.83. The topological polar surface area (TPSA) is 78.9 Å². The van der Waals surface area contributed by atoms with Crippen molar-refractivity contribution in [1.29, 1.82) is 5.26 Å². The van der Waals surface area contributed by atoms with E-state index in [1.807, 2.05) is 30.3 Å². The van der Waals surface area contributed by atoms with Crippen molar-refractivity contribution < 1.29 is 4.79 Å². The number of rotatable bonds is 3. The van der Waals surface area contributed by atoms with Gasteiger partial charge in [0.25, 0.3) is 5.91 Å². The first-order valence-corrected chi connectivity index (χ1v) is 7.83. The van der Waals surface area contributed by atoms with Gasteiger partial charge in [-0.1, -0.05) is 30.3 Å². The molecule has 1 amide bonds. The molecule has 23 heavy (non-hydrogen) atoms. The Morgan fingerprint density at radius 3 is 2.52 bits per heavy atom. The van der Waals surface area contributed by atoms with Gasteiger partial charge in [-0.2, -0.15) is 5.26 Å². The number of nitriles is 1. The van der Waals surface area contributed by atoms with Gasteiger partial charge in [-0.3, -0.25) is 4.79 Å². The van der Waals surface area contributed by atoms with Crippen molar-refractivity contribution >= 4 is 5.91 Å². The lowest BCUT2D eigenvalue weighted by molar-refractivity contribution is 0.0937. The molecule has 2 atom stereocenters. The molecule has 0 heterocycles. The maximum absolute atomic E-state index is 12.3. The van der Waals surface area contributed by atoms with Crippen molar-refractivity contribution in [2.75, 3.05) is 0 Å². The smallest absolute Gasteiger partial charge is 0.251 e. The van der Waals surface area contributed by atoms with Gasteiger partial charge in [0.2, 0.25) is 0 Å². The molecule has 1 aliphatic carbocycles. The summed E-state index contributed by atoms with van der Waals surface area (Å²) in [5, 5.41) is 12.2. The second-order valence-corrected chi connectivity index (χ2v) is 5.98. The lowest BCUT2D eigenvalue weighted by atomic mass is 9.99. The van der Waals surface area contributed by atoms with E-state index in [0.717, 1.165) is 30.4 Å². The molecule has 4 nitrogen and oxygen atoms in total. The van der Waals surface area contributed by atoms with Crippen molar-refractivity contribution in [2.45, 2.75) is 31.3 Å². The number of carbonyl (C=O) groups is 1. The van der Waals surface area contributed by atoms with Gasteiger partial charge in [0.15, 0.2) is 0 Å². The standard InChI is InChI=1S/C19H19N3O/c20-12-15-3-1-2-4-18(15)13-5-7-14(8-6-13)19(23)22-17-10-9-16(21)11-17/h1-8,16-17H,9-11,21H2,(H,22,23)/t16-,17+/m1/s1. The molecule has 0 spiro atoms. The Bertz CT molecular complexity index is 746. The molecule has 4 heteroatoms. The molecule has 3 rings (SSSR count). The van der Waals surface area contributed by atoms with Gasteiger partial charge in [-0.25, -0.2) is 0 Å². The maximum atomic E-state index is 12.3. The highest BCUT2D eigenvalue weighted by atomic mass is 16.1. The maximum Gasteiger partial charge on any atom is 0.251 e. The van der Waals surface area contributed by atoms with Crippen LogP contribution in [-0.4, -0.2) is 18.0 Å². The van der Waals surface area contributed by atoms with E-state index in [1.54, 1.807) is 18.2 Å². The number of hydrogen-bond donors (Lipinski definition) is 2. The minimum Gasteiger partial charge on any atom is -0.349 e. The highest BCUT2D eigenvalue weighted by Gasteiger charge is 2.23. The summed E-state index contributed by atoms with van der Waals surface area (Å²) in [4.78, 5) is 12.3. The minimum atomic E-state index is -0.0655. The van der Waals surface area contributed by atoms with Crippen LogP contribution in [0.3, 0.4) is 0 Å². The first kappa shape index (κ1) is 15.3. The van der Waals surface area contributed by atoms with E-state index in [2.05, 4.69) is 11.4 Å². The number of nitrogens with zero attached hydrogens (tertiary/aromatic N) is 1. The second kappa shape index (κ2) is 6.64. The Balaban J connectivity index is 1.74. The number of nitrogens with one attached hydrogen (secondary N) is 1. The zero-order chi connectivity index (χ0) is 16.2. The molecule has 116 valence electrons. The lowest BCUT2D eigenvalue weighted by Crippen LogP contribution is -2.33. The molecule has 1 aliphatic rings.